The van der Waals surface area contributed by atoms with Crippen molar-refractivity contribution in [3.8, 4) is 5.75 Å². The average Bonchev–Trinajstić information content (AvgIpc) is 3.36. The number of fused-ring (bicyclic) bond motifs is 1. The Labute approximate surface area is 230 Å². The number of carbonyl (C=O) groups excluding carboxylic acids is 1. The average molecular weight is 559 g/mol. The number of para-hydroxylation sites is 1. The summed E-state index contributed by atoms with van der Waals surface area (Å²) in [5.74, 6) is 0.500. The molecule has 2 heterocycles. The molecule has 10 heteroatoms. The van der Waals surface area contributed by atoms with Gasteiger partial charge in [0.15, 0.2) is 5.13 Å². The fourth-order valence-corrected chi connectivity index (χ4v) is 7.66. The van der Waals surface area contributed by atoms with Gasteiger partial charge in [-0.25, -0.2) is 13.4 Å². The van der Waals surface area contributed by atoms with Crippen LogP contribution in [0.1, 0.15) is 56.3 Å². The van der Waals surface area contributed by atoms with E-state index < -0.39 is 10.0 Å². The highest BCUT2D eigenvalue weighted by Crippen LogP contribution is 2.35. The van der Waals surface area contributed by atoms with Gasteiger partial charge in [-0.05, 0) is 89.6 Å². The van der Waals surface area contributed by atoms with Crippen LogP contribution >= 0.6 is 11.3 Å². The van der Waals surface area contributed by atoms with Gasteiger partial charge in [0.2, 0.25) is 10.0 Å². The fraction of sp³-hybridized carbons (Fsp3) is 0.500. The van der Waals surface area contributed by atoms with Crippen molar-refractivity contribution < 1.29 is 17.9 Å². The number of piperidine rings is 1. The lowest BCUT2D eigenvalue weighted by atomic mass is 10.0. The molecule has 1 unspecified atom stereocenters. The number of aromatic nitrogens is 1. The zero-order valence-electron chi connectivity index (χ0n) is 22.7. The molecule has 2 aromatic carbocycles. The molecule has 1 amide bonds. The van der Waals surface area contributed by atoms with E-state index in [1.165, 1.54) is 11.3 Å². The van der Waals surface area contributed by atoms with Gasteiger partial charge in [-0.3, -0.25) is 9.69 Å². The maximum atomic E-state index is 13.8. The number of hydrogen-bond donors (Lipinski definition) is 0. The monoisotopic (exact) mass is 558 g/mol. The predicted molar refractivity (Wildman–Crippen MR) is 154 cm³/mol. The summed E-state index contributed by atoms with van der Waals surface area (Å²) in [4.78, 5) is 22.6. The van der Waals surface area contributed by atoms with Crippen LogP contribution in [0.15, 0.2) is 47.4 Å². The molecule has 206 valence electrons. The lowest BCUT2D eigenvalue weighted by Crippen LogP contribution is -2.43. The van der Waals surface area contributed by atoms with Gasteiger partial charge in [0.1, 0.15) is 11.3 Å². The standard InChI is InChI=1S/C28H38N4O4S2/c1-5-22-11-7-8-20-32(22)38(34,35)23-16-14-21(15-17-23)27(33)31(19-10-18-30(3)4)28-29-26-24(36-6-2)12-9-13-25(26)37-28/h9,12-17,22H,5-8,10-11,18-20H2,1-4H3. The third-order valence-electron chi connectivity index (χ3n) is 6.89. The minimum absolute atomic E-state index is 0.0304. The number of hydrogen-bond acceptors (Lipinski definition) is 7. The highest BCUT2D eigenvalue weighted by Gasteiger charge is 2.32. The molecular formula is C28H38N4O4S2. The first-order chi connectivity index (χ1) is 18.3. The summed E-state index contributed by atoms with van der Waals surface area (Å²) in [6.45, 7) is 6.36. The van der Waals surface area contributed by atoms with E-state index in [2.05, 4.69) is 4.90 Å². The molecule has 1 saturated heterocycles. The lowest BCUT2D eigenvalue weighted by molar-refractivity contribution is 0.0986. The zero-order chi connectivity index (χ0) is 27.3. The number of carbonyl (C=O) groups is 1. The predicted octanol–water partition coefficient (Wildman–Crippen LogP) is 5.25. The summed E-state index contributed by atoms with van der Waals surface area (Å²) in [5.41, 5.74) is 1.18. The summed E-state index contributed by atoms with van der Waals surface area (Å²) < 4.78 is 35.1. The van der Waals surface area contributed by atoms with Crippen LogP contribution in [-0.2, 0) is 10.0 Å². The molecule has 1 fully saturated rings. The summed E-state index contributed by atoms with van der Waals surface area (Å²) in [7, 11) is 0.395. The Balaban J connectivity index is 1.62. The highest BCUT2D eigenvalue weighted by atomic mass is 32.2. The van der Waals surface area contributed by atoms with E-state index >= 15 is 0 Å². The molecule has 1 atom stereocenters. The quantitative estimate of drug-likeness (QED) is 0.320. The molecule has 38 heavy (non-hydrogen) atoms. The largest absolute Gasteiger partial charge is 0.492 e. The lowest BCUT2D eigenvalue weighted by Gasteiger charge is -2.34. The summed E-state index contributed by atoms with van der Waals surface area (Å²) in [6, 6.07) is 12.2. The summed E-state index contributed by atoms with van der Waals surface area (Å²) >= 11 is 1.45. The van der Waals surface area contributed by atoms with Crippen molar-refractivity contribution in [1.82, 2.24) is 14.2 Å². The topological polar surface area (TPSA) is 83.0 Å². The Bertz CT molecular complexity index is 1340. The van der Waals surface area contributed by atoms with E-state index in [0.717, 1.165) is 48.9 Å². The van der Waals surface area contributed by atoms with Crippen molar-refractivity contribution in [3.05, 3.63) is 48.0 Å². The molecular weight excluding hydrogens is 520 g/mol. The first-order valence-electron chi connectivity index (χ1n) is 13.4. The third kappa shape index (κ3) is 6.20. The van der Waals surface area contributed by atoms with Crippen molar-refractivity contribution in [1.29, 1.82) is 0 Å². The number of rotatable bonds is 11. The molecule has 0 bridgehead atoms. The van der Waals surface area contributed by atoms with Crippen LogP contribution in [0.2, 0.25) is 0 Å². The molecule has 8 nitrogen and oxygen atoms in total. The van der Waals surface area contributed by atoms with Gasteiger partial charge in [-0.1, -0.05) is 30.7 Å². The minimum atomic E-state index is -3.61. The second-order valence-electron chi connectivity index (χ2n) is 9.84. The Morgan fingerprint density at radius 1 is 1.11 bits per heavy atom. The molecule has 3 aromatic rings. The Hall–Kier alpha value is -2.53. The second-order valence-corrected chi connectivity index (χ2v) is 12.7. The van der Waals surface area contributed by atoms with Crippen LogP contribution in [0.25, 0.3) is 10.2 Å². The number of nitrogens with zero attached hydrogens (tertiary/aromatic N) is 4. The van der Waals surface area contributed by atoms with Crippen molar-refractivity contribution >= 4 is 42.6 Å². The summed E-state index contributed by atoms with van der Waals surface area (Å²) in [6.07, 6.45) is 4.39. The highest BCUT2D eigenvalue weighted by molar-refractivity contribution is 7.89. The van der Waals surface area contributed by atoms with Crippen molar-refractivity contribution in [2.24, 2.45) is 0 Å². The van der Waals surface area contributed by atoms with Gasteiger partial charge in [-0.15, -0.1) is 0 Å². The second kappa shape index (κ2) is 12.5. The van der Waals surface area contributed by atoms with Crippen LogP contribution in [0.5, 0.6) is 5.75 Å². The third-order valence-corrected chi connectivity index (χ3v) is 9.90. The van der Waals surface area contributed by atoms with E-state index in [-0.39, 0.29) is 16.8 Å². The van der Waals surface area contributed by atoms with Crippen LogP contribution < -0.4 is 9.64 Å². The smallest absolute Gasteiger partial charge is 0.260 e. The number of ether oxygens (including phenoxy) is 1. The Morgan fingerprint density at radius 3 is 2.55 bits per heavy atom. The van der Waals surface area contributed by atoms with Gasteiger partial charge in [0.25, 0.3) is 5.91 Å². The number of sulfonamides is 1. The molecule has 0 spiro atoms. The summed E-state index contributed by atoms with van der Waals surface area (Å²) in [5, 5.41) is 0.603. The van der Waals surface area contributed by atoms with E-state index in [0.29, 0.717) is 36.1 Å². The first-order valence-corrected chi connectivity index (χ1v) is 15.6. The molecule has 1 aromatic heterocycles. The first kappa shape index (κ1) is 28.5. The minimum Gasteiger partial charge on any atom is -0.492 e. The van der Waals surface area contributed by atoms with Gasteiger partial charge in [0, 0.05) is 24.7 Å². The van der Waals surface area contributed by atoms with Gasteiger partial charge in [-0.2, -0.15) is 4.31 Å². The molecule has 1 aliphatic heterocycles. The molecule has 0 radical (unpaired) electrons. The maximum Gasteiger partial charge on any atom is 0.260 e. The van der Waals surface area contributed by atoms with Crippen molar-refractivity contribution in [2.75, 3.05) is 45.2 Å². The van der Waals surface area contributed by atoms with Crippen molar-refractivity contribution in [3.63, 3.8) is 0 Å². The van der Waals surface area contributed by atoms with Gasteiger partial charge in [0.05, 0.1) is 16.2 Å². The Kier molecular flexibility index (Phi) is 9.40. The van der Waals surface area contributed by atoms with Crippen LogP contribution in [-0.4, -0.2) is 74.9 Å². The molecule has 0 saturated carbocycles. The number of thiazole rings is 1. The fourth-order valence-electron chi connectivity index (χ4n) is 4.89. The molecule has 1 aliphatic rings. The van der Waals surface area contributed by atoms with Crippen LogP contribution in [0, 0.1) is 0 Å². The van der Waals surface area contributed by atoms with E-state index in [1.54, 1.807) is 33.5 Å². The van der Waals surface area contributed by atoms with E-state index in [4.69, 9.17) is 9.72 Å². The maximum absolute atomic E-state index is 13.8. The number of benzene rings is 2. The molecule has 0 aliphatic carbocycles. The van der Waals surface area contributed by atoms with Crippen molar-refractivity contribution in [2.45, 2.75) is 56.9 Å². The van der Waals surface area contributed by atoms with Crippen LogP contribution in [0.4, 0.5) is 5.13 Å². The Morgan fingerprint density at radius 2 is 1.87 bits per heavy atom. The normalized spacial score (nSPS) is 16.7. The van der Waals surface area contributed by atoms with E-state index in [9.17, 15) is 13.2 Å². The number of amides is 1. The van der Waals surface area contributed by atoms with Gasteiger partial charge < -0.3 is 9.64 Å². The zero-order valence-corrected chi connectivity index (χ0v) is 24.4. The number of anilines is 1. The van der Waals surface area contributed by atoms with Gasteiger partial charge >= 0.3 is 0 Å². The van der Waals surface area contributed by atoms with Crippen LogP contribution in [0.3, 0.4) is 0 Å². The molecule has 0 N–H and O–H groups in total. The van der Waals surface area contributed by atoms with E-state index in [1.807, 2.05) is 46.1 Å². The SMILES string of the molecule is CCOc1cccc2sc(N(CCCN(C)C)C(=O)c3ccc(S(=O)(=O)N4CCCCC4CC)cc3)nc12. The molecule has 4 rings (SSSR count).